The van der Waals surface area contributed by atoms with Gasteiger partial charge in [-0.25, -0.2) is 4.98 Å². The molecule has 3 rings (SSSR count). The first kappa shape index (κ1) is 7.70. The molecule has 0 fully saturated rings. The van der Waals surface area contributed by atoms with Gasteiger partial charge in [-0.05, 0) is 23.2 Å². The summed E-state index contributed by atoms with van der Waals surface area (Å²) in [5.41, 5.74) is 0.991. The van der Waals surface area contributed by atoms with Crippen molar-refractivity contribution < 1.29 is 9.51 Å². The van der Waals surface area contributed by atoms with Crippen molar-refractivity contribution in [1.29, 1.82) is 0 Å². The van der Waals surface area contributed by atoms with E-state index >= 15 is 0 Å². The van der Waals surface area contributed by atoms with Crippen molar-refractivity contribution in [2.45, 2.75) is 0 Å². The number of hydrogen-bond acceptors (Lipinski definition) is 3. The summed E-state index contributed by atoms with van der Waals surface area (Å²) in [5.74, 6) is 0.0514. The summed E-state index contributed by atoms with van der Waals surface area (Å²) < 4.78 is 1.88. The van der Waals surface area contributed by atoms with E-state index in [-0.39, 0.29) is 5.75 Å². The molecule has 68 valence electrons. The van der Waals surface area contributed by atoms with E-state index in [1.54, 1.807) is 18.3 Å². The molecule has 3 aromatic heterocycles. The van der Waals surface area contributed by atoms with Crippen molar-refractivity contribution in [2.24, 2.45) is 0 Å². The molecule has 0 aliphatic carbocycles. The first-order chi connectivity index (χ1) is 6.86. The fourth-order valence-corrected chi connectivity index (χ4v) is 2.49. The Morgan fingerprint density at radius 3 is 3.14 bits per heavy atom. The van der Waals surface area contributed by atoms with Crippen molar-refractivity contribution in [1.82, 2.24) is 4.98 Å². The van der Waals surface area contributed by atoms with Crippen molar-refractivity contribution in [3.63, 3.8) is 0 Å². The fourth-order valence-electron chi connectivity index (χ4n) is 1.50. The molecule has 0 saturated carbocycles. The molecule has 0 aliphatic heterocycles. The normalized spacial score (nSPS) is 11.1. The zero-order chi connectivity index (χ0) is 9.54. The van der Waals surface area contributed by atoms with Gasteiger partial charge in [-0.1, -0.05) is 6.07 Å². The van der Waals surface area contributed by atoms with Crippen LogP contribution in [0, 0.1) is 0 Å². The Balaban J connectivity index is 2.63. The molecule has 0 aromatic carbocycles. The monoisotopic (exact) mass is 202 g/mol. The van der Waals surface area contributed by atoms with Crippen LogP contribution in [0.4, 0.5) is 0 Å². The lowest BCUT2D eigenvalue weighted by Crippen LogP contribution is -2.19. The van der Waals surface area contributed by atoms with Crippen molar-refractivity contribution in [3.05, 3.63) is 36.7 Å². The third-order valence-electron chi connectivity index (χ3n) is 2.12. The van der Waals surface area contributed by atoms with E-state index in [4.69, 9.17) is 0 Å². The number of hydrogen-bond donors (Lipinski definition) is 0. The number of aromatic nitrogens is 2. The van der Waals surface area contributed by atoms with Crippen LogP contribution in [-0.2, 0) is 0 Å². The SMILES string of the molecule is [O-]c1ccc[n+]2c1sc1ncccc12. The van der Waals surface area contributed by atoms with E-state index in [9.17, 15) is 5.11 Å². The number of rotatable bonds is 0. The van der Waals surface area contributed by atoms with Gasteiger partial charge in [-0.3, -0.25) is 0 Å². The number of nitrogens with zero attached hydrogens (tertiary/aromatic N) is 2. The molecular formula is C10H6N2OS. The highest BCUT2D eigenvalue weighted by Crippen LogP contribution is 2.23. The maximum atomic E-state index is 11.5. The molecule has 0 bridgehead atoms. The third kappa shape index (κ3) is 0.914. The first-order valence-corrected chi connectivity index (χ1v) is 5.03. The van der Waals surface area contributed by atoms with E-state index < -0.39 is 0 Å². The molecule has 14 heavy (non-hydrogen) atoms. The molecule has 3 nitrogen and oxygen atoms in total. The summed E-state index contributed by atoms with van der Waals surface area (Å²) in [7, 11) is 0. The highest BCUT2D eigenvalue weighted by atomic mass is 32.1. The Kier molecular flexibility index (Phi) is 1.46. The summed E-state index contributed by atoms with van der Waals surface area (Å²) in [4.78, 5) is 5.84. The molecule has 0 amide bonds. The molecule has 0 aliphatic rings. The minimum Gasteiger partial charge on any atom is -0.867 e. The van der Waals surface area contributed by atoms with Gasteiger partial charge >= 0.3 is 0 Å². The maximum Gasteiger partial charge on any atom is 0.261 e. The second kappa shape index (κ2) is 2.65. The van der Waals surface area contributed by atoms with E-state index in [0.29, 0.717) is 0 Å². The van der Waals surface area contributed by atoms with Crippen LogP contribution in [0.3, 0.4) is 0 Å². The van der Waals surface area contributed by atoms with Gasteiger partial charge in [0.25, 0.3) is 4.83 Å². The Hall–Kier alpha value is -1.68. The van der Waals surface area contributed by atoms with Crippen LogP contribution in [0.1, 0.15) is 0 Å². The molecule has 3 heterocycles. The van der Waals surface area contributed by atoms with Gasteiger partial charge in [0.15, 0.2) is 11.0 Å². The van der Waals surface area contributed by atoms with E-state index in [1.165, 1.54) is 11.3 Å². The van der Waals surface area contributed by atoms with E-state index in [1.807, 2.05) is 22.7 Å². The fraction of sp³-hybridized carbons (Fsp3) is 0. The van der Waals surface area contributed by atoms with Gasteiger partial charge in [0, 0.05) is 18.3 Å². The smallest absolute Gasteiger partial charge is 0.261 e. The number of fused-ring (bicyclic) bond motifs is 3. The summed E-state index contributed by atoms with van der Waals surface area (Å²) in [5, 5.41) is 11.5. The predicted octanol–water partition coefficient (Wildman–Crippen LogP) is 1.11. The third-order valence-corrected chi connectivity index (χ3v) is 3.22. The molecule has 0 saturated heterocycles. The standard InChI is InChI=1S/C10H6N2OS/c13-8-4-2-6-12-7-3-1-5-11-9(7)14-10(8)12/h1-6H. The lowest BCUT2D eigenvalue weighted by atomic mass is 10.4. The van der Waals surface area contributed by atoms with E-state index in [2.05, 4.69) is 4.98 Å². The second-order valence-corrected chi connectivity index (χ2v) is 3.95. The molecular weight excluding hydrogens is 196 g/mol. The van der Waals surface area contributed by atoms with Crippen LogP contribution in [0.2, 0.25) is 0 Å². The van der Waals surface area contributed by atoms with Crippen LogP contribution < -0.4 is 9.51 Å². The van der Waals surface area contributed by atoms with Crippen molar-refractivity contribution in [3.8, 4) is 5.75 Å². The minimum atomic E-state index is 0.0514. The van der Waals surface area contributed by atoms with Gasteiger partial charge in [0.2, 0.25) is 5.52 Å². The van der Waals surface area contributed by atoms with Crippen LogP contribution >= 0.6 is 11.3 Å². The molecule has 0 atom stereocenters. The number of pyridine rings is 2. The molecule has 3 aromatic rings. The average molecular weight is 202 g/mol. The van der Waals surface area contributed by atoms with Crippen molar-refractivity contribution >= 4 is 26.5 Å². The van der Waals surface area contributed by atoms with Crippen LogP contribution in [0.5, 0.6) is 5.75 Å². The Morgan fingerprint density at radius 1 is 1.29 bits per heavy atom. The van der Waals surface area contributed by atoms with Gasteiger partial charge in [-0.2, -0.15) is 0 Å². The Morgan fingerprint density at radius 2 is 2.21 bits per heavy atom. The highest BCUT2D eigenvalue weighted by molar-refractivity contribution is 7.23. The van der Waals surface area contributed by atoms with Gasteiger partial charge in [0.1, 0.15) is 0 Å². The lowest BCUT2D eigenvalue weighted by Gasteiger charge is -1.97. The van der Waals surface area contributed by atoms with Crippen LogP contribution in [0.25, 0.3) is 15.2 Å². The van der Waals surface area contributed by atoms with Gasteiger partial charge in [0.05, 0.1) is 0 Å². The van der Waals surface area contributed by atoms with Gasteiger partial charge < -0.3 is 5.11 Å². The summed E-state index contributed by atoms with van der Waals surface area (Å²) in [6, 6.07) is 7.17. The molecule has 0 unspecified atom stereocenters. The molecule has 0 N–H and O–H groups in total. The quantitative estimate of drug-likeness (QED) is 0.512. The number of thiazole rings is 1. The average Bonchev–Trinajstić information content (AvgIpc) is 2.59. The molecule has 0 spiro atoms. The van der Waals surface area contributed by atoms with Gasteiger partial charge in [-0.15, -0.1) is 4.40 Å². The maximum absolute atomic E-state index is 11.5. The predicted molar refractivity (Wildman–Crippen MR) is 52.2 cm³/mol. The lowest BCUT2D eigenvalue weighted by molar-refractivity contribution is -0.482. The second-order valence-electron chi connectivity index (χ2n) is 2.98. The van der Waals surface area contributed by atoms with Crippen LogP contribution in [0.15, 0.2) is 36.7 Å². The summed E-state index contributed by atoms with van der Waals surface area (Å²) in [6.07, 6.45) is 3.62. The molecule has 0 radical (unpaired) electrons. The molecule has 4 heteroatoms. The highest BCUT2D eigenvalue weighted by Gasteiger charge is 2.13. The zero-order valence-electron chi connectivity index (χ0n) is 7.18. The summed E-state index contributed by atoms with van der Waals surface area (Å²) in [6.45, 7) is 0. The topological polar surface area (TPSA) is 40.0 Å². The van der Waals surface area contributed by atoms with Crippen LogP contribution in [-0.4, -0.2) is 4.98 Å². The summed E-state index contributed by atoms with van der Waals surface area (Å²) >= 11 is 1.43. The largest absolute Gasteiger partial charge is 0.867 e. The van der Waals surface area contributed by atoms with Crippen molar-refractivity contribution in [2.75, 3.05) is 0 Å². The zero-order valence-corrected chi connectivity index (χ0v) is 7.99. The first-order valence-electron chi connectivity index (χ1n) is 4.21. The van der Waals surface area contributed by atoms with E-state index in [0.717, 1.165) is 15.2 Å². The minimum absolute atomic E-state index is 0.0514. The Bertz CT molecular complexity index is 618. The Labute approximate surface area is 83.9 Å².